The van der Waals surface area contributed by atoms with E-state index in [9.17, 15) is 9.59 Å². The molecule has 0 aliphatic heterocycles. The van der Waals surface area contributed by atoms with Gasteiger partial charge in [0.2, 0.25) is 5.91 Å². The zero-order chi connectivity index (χ0) is 12.3. The lowest BCUT2D eigenvalue weighted by Crippen LogP contribution is -2.45. The van der Waals surface area contributed by atoms with Crippen LogP contribution in [0.2, 0.25) is 0 Å². The number of hydrogen-bond donors (Lipinski definition) is 1. The summed E-state index contributed by atoms with van der Waals surface area (Å²) >= 11 is 0. The smallest absolute Gasteiger partial charge is 0.221 e. The standard InChI is InChI=1S/C12H23NO2/c1-11(2,3)7-10(15)13-9(8-14)12(4,5)6/h8-9H,7H2,1-6H3,(H,13,15). The molecule has 0 rings (SSSR count). The molecule has 1 atom stereocenters. The summed E-state index contributed by atoms with van der Waals surface area (Å²) in [5.41, 5.74) is -0.273. The summed E-state index contributed by atoms with van der Waals surface area (Å²) in [5, 5.41) is 2.76. The van der Waals surface area contributed by atoms with Gasteiger partial charge < -0.3 is 10.1 Å². The predicted octanol–water partition coefficient (Wildman–Crippen LogP) is 2.15. The maximum Gasteiger partial charge on any atom is 0.221 e. The third-order valence-electron chi connectivity index (χ3n) is 2.08. The Morgan fingerprint density at radius 3 is 1.93 bits per heavy atom. The molecule has 0 saturated heterocycles. The van der Waals surface area contributed by atoms with E-state index in [1.165, 1.54) is 0 Å². The Hall–Kier alpha value is -0.860. The van der Waals surface area contributed by atoms with Gasteiger partial charge in [0.05, 0.1) is 6.04 Å². The van der Waals surface area contributed by atoms with Crippen molar-refractivity contribution in [2.24, 2.45) is 10.8 Å². The minimum atomic E-state index is -0.410. The van der Waals surface area contributed by atoms with Crippen molar-refractivity contribution in [1.82, 2.24) is 5.32 Å². The van der Waals surface area contributed by atoms with Gasteiger partial charge in [0.15, 0.2) is 0 Å². The van der Waals surface area contributed by atoms with E-state index in [2.05, 4.69) is 5.32 Å². The lowest BCUT2D eigenvalue weighted by Gasteiger charge is -2.28. The lowest BCUT2D eigenvalue weighted by atomic mass is 9.86. The summed E-state index contributed by atoms with van der Waals surface area (Å²) in [5.74, 6) is -0.0606. The van der Waals surface area contributed by atoms with Crippen molar-refractivity contribution >= 4 is 12.2 Å². The lowest BCUT2D eigenvalue weighted by molar-refractivity contribution is -0.127. The van der Waals surface area contributed by atoms with Gasteiger partial charge in [-0.2, -0.15) is 0 Å². The van der Waals surface area contributed by atoms with Crippen molar-refractivity contribution in [2.75, 3.05) is 0 Å². The van der Waals surface area contributed by atoms with E-state index in [1.54, 1.807) is 0 Å². The third-order valence-corrected chi connectivity index (χ3v) is 2.08. The van der Waals surface area contributed by atoms with Gasteiger partial charge in [0.25, 0.3) is 0 Å². The molecule has 88 valence electrons. The van der Waals surface area contributed by atoms with E-state index in [0.717, 1.165) is 6.29 Å². The molecule has 1 amide bonds. The van der Waals surface area contributed by atoms with Gasteiger partial charge in [-0.05, 0) is 10.8 Å². The second-order valence-corrected chi connectivity index (χ2v) is 6.28. The predicted molar refractivity (Wildman–Crippen MR) is 61.5 cm³/mol. The molecular formula is C12H23NO2. The van der Waals surface area contributed by atoms with Crippen molar-refractivity contribution < 1.29 is 9.59 Å². The molecule has 0 bridgehead atoms. The molecule has 0 radical (unpaired) electrons. The minimum Gasteiger partial charge on any atom is -0.346 e. The van der Waals surface area contributed by atoms with Gasteiger partial charge in [0.1, 0.15) is 6.29 Å². The topological polar surface area (TPSA) is 46.2 Å². The fourth-order valence-electron chi connectivity index (χ4n) is 1.16. The first-order valence-corrected chi connectivity index (χ1v) is 5.31. The van der Waals surface area contributed by atoms with Crippen molar-refractivity contribution in [3.63, 3.8) is 0 Å². The highest BCUT2D eigenvalue weighted by atomic mass is 16.2. The molecule has 0 aromatic rings. The van der Waals surface area contributed by atoms with Gasteiger partial charge >= 0.3 is 0 Å². The number of nitrogens with one attached hydrogen (secondary N) is 1. The van der Waals surface area contributed by atoms with Crippen molar-refractivity contribution in [2.45, 2.75) is 54.0 Å². The molecule has 0 aliphatic carbocycles. The molecule has 1 N–H and O–H groups in total. The summed E-state index contributed by atoms with van der Waals surface area (Å²) in [4.78, 5) is 22.4. The molecule has 0 saturated carbocycles. The van der Waals surface area contributed by atoms with E-state index in [1.807, 2.05) is 41.5 Å². The van der Waals surface area contributed by atoms with E-state index < -0.39 is 6.04 Å². The normalized spacial score (nSPS) is 14.5. The Balaban J connectivity index is 4.33. The zero-order valence-electron chi connectivity index (χ0n) is 10.7. The Morgan fingerprint density at radius 1 is 1.20 bits per heavy atom. The number of rotatable bonds is 3. The number of carbonyl (C=O) groups is 2. The number of aldehydes is 1. The van der Waals surface area contributed by atoms with Crippen molar-refractivity contribution in [3.05, 3.63) is 0 Å². The average molecular weight is 213 g/mol. The molecule has 3 heteroatoms. The SMILES string of the molecule is CC(C)(C)CC(=O)NC(C=O)C(C)(C)C. The maximum atomic E-state index is 11.6. The molecule has 0 aromatic carbocycles. The Bertz CT molecular complexity index is 233. The van der Waals surface area contributed by atoms with E-state index >= 15 is 0 Å². The number of hydrogen-bond acceptors (Lipinski definition) is 2. The van der Waals surface area contributed by atoms with Gasteiger partial charge in [-0.25, -0.2) is 0 Å². The Morgan fingerprint density at radius 2 is 1.67 bits per heavy atom. The summed E-state index contributed by atoms with van der Waals surface area (Å²) in [6, 6.07) is -0.410. The van der Waals surface area contributed by atoms with Crippen LogP contribution in [-0.2, 0) is 9.59 Å². The molecule has 0 aliphatic rings. The van der Waals surface area contributed by atoms with Crippen LogP contribution in [0.15, 0.2) is 0 Å². The Labute approximate surface area is 92.6 Å². The zero-order valence-corrected chi connectivity index (χ0v) is 10.7. The first kappa shape index (κ1) is 14.1. The van der Waals surface area contributed by atoms with Crippen LogP contribution in [0.3, 0.4) is 0 Å². The first-order valence-electron chi connectivity index (χ1n) is 5.31. The van der Waals surface area contributed by atoms with E-state index in [-0.39, 0.29) is 16.7 Å². The largest absolute Gasteiger partial charge is 0.346 e. The summed E-state index contributed by atoms with van der Waals surface area (Å²) < 4.78 is 0. The van der Waals surface area contributed by atoms with Crippen LogP contribution in [0.4, 0.5) is 0 Å². The second-order valence-electron chi connectivity index (χ2n) is 6.28. The highest BCUT2D eigenvalue weighted by Crippen LogP contribution is 2.21. The van der Waals surface area contributed by atoms with Gasteiger partial charge in [-0.15, -0.1) is 0 Å². The van der Waals surface area contributed by atoms with Crippen LogP contribution in [0.25, 0.3) is 0 Å². The molecule has 0 spiro atoms. The van der Waals surface area contributed by atoms with Crippen LogP contribution in [0, 0.1) is 10.8 Å². The Kier molecular flexibility index (Phi) is 4.50. The second kappa shape index (κ2) is 4.77. The number of carbonyl (C=O) groups excluding carboxylic acids is 2. The maximum absolute atomic E-state index is 11.6. The van der Waals surface area contributed by atoms with Gasteiger partial charge in [-0.3, -0.25) is 4.79 Å². The quantitative estimate of drug-likeness (QED) is 0.730. The van der Waals surface area contributed by atoms with Gasteiger partial charge in [0, 0.05) is 6.42 Å². The minimum absolute atomic E-state index is 0.0462. The summed E-state index contributed by atoms with van der Waals surface area (Å²) in [6.07, 6.45) is 1.24. The molecule has 3 nitrogen and oxygen atoms in total. The van der Waals surface area contributed by atoms with Crippen LogP contribution in [0.5, 0.6) is 0 Å². The van der Waals surface area contributed by atoms with Crippen LogP contribution >= 0.6 is 0 Å². The molecule has 0 fully saturated rings. The molecule has 0 aromatic heterocycles. The van der Waals surface area contributed by atoms with E-state index in [0.29, 0.717) is 6.42 Å². The van der Waals surface area contributed by atoms with Crippen LogP contribution < -0.4 is 5.32 Å². The fourth-order valence-corrected chi connectivity index (χ4v) is 1.16. The molecule has 15 heavy (non-hydrogen) atoms. The van der Waals surface area contributed by atoms with Crippen LogP contribution in [-0.4, -0.2) is 18.2 Å². The highest BCUT2D eigenvalue weighted by molar-refractivity contribution is 5.80. The van der Waals surface area contributed by atoms with Crippen LogP contribution in [0.1, 0.15) is 48.0 Å². The highest BCUT2D eigenvalue weighted by Gasteiger charge is 2.27. The fraction of sp³-hybridized carbons (Fsp3) is 0.833. The monoisotopic (exact) mass is 213 g/mol. The molecular weight excluding hydrogens is 190 g/mol. The van der Waals surface area contributed by atoms with E-state index in [4.69, 9.17) is 0 Å². The average Bonchev–Trinajstić information content (AvgIpc) is 1.94. The molecule has 0 heterocycles. The summed E-state index contributed by atoms with van der Waals surface area (Å²) in [6.45, 7) is 11.8. The number of amides is 1. The summed E-state index contributed by atoms with van der Waals surface area (Å²) in [7, 11) is 0. The van der Waals surface area contributed by atoms with Gasteiger partial charge in [-0.1, -0.05) is 41.5 Å². The molecule has 1 unspecified atom stereocenters. The van der Waals surface area contributed by atoms with Crippen molar-refractivity contribution in [1.29, 1.82) is 0 Å². The first-order chi connectivity index (χ1) is 6.56. The van der Waals surface area contributed by atoms with Crippen molar-refractivity contribution in [3.8, 4) is 0 Å². The third kappa shape index (κ3) is 6.26.